The maximum absolute atomic E-state index is 8.00. The van der Waals surface area contributed by atoms with Crippen LogP contribution in [0.4, 0.5) is 0 Å². The first-order valence-corrected chi connectivity index (χ1v) is 22.3. The molecule has 1 aromatic rings. The second-order valence-electron chi connectivity index (χ2n) is 7.94. The van der Waals surface area contributed by atoms with Gasteiger partial charge in [-0.25, -0.2) is 0 Å². The maximum Gasteiger partial charge on any atom is 0.351 e. The molecule has 0 bridgehead atoms. The normalized spacial score (nSPS) is 15.8. The smallest absolute Gasteiger partial charge is 0.351 e. The molecule has 0 aliphatic rings. The van der Waals surface area contributed by atoms with E-state index in [1.165, 1.54) is 0 Å². The lowest BCUT2D eigenvalue weighted by Gasteiger charge is -2.42. The SMILES string of the molecule is C=O.CO[SiH](C)O[Si](C)(C)O[Si](C)(O[Si](C)(C)O[Si](C)(C)OC)c1ccccc1. The van der Waals surface area contributed by atoms with Crippen LogP contribution in [0.5, 0.6) is 0 Å². The summed E-state index contributed by atoms with van der Waals surface area (Å²) in [5.74, 6) is 0. The molecule has 29 heavy (non-hydrogen) atoms. The third kappa shape index (κ3) is 10.5. The fraction of sp³-hybridized carbons (Fsp3) is 0.588. The average molecular weight is 495 g/mol. The molecule has 168 valence electrons. The minimum absolute atomic E-state index is 1.07. The van der Waals surface area contributed by atoms with Crippen LogP contribution in [0.25, 0.3) is 0 Å². The van der Waals surface area contributed by atoms with Gasteiger partial charge < -0.3 is 30.1 Å². The highest BCUT2D eigenvalue weighted by Crippen LogP contribution is 2.25. The van der Waals surface area contributed by atoms with E-state index in [2.05, 4.69) is 44.9 Å². The lowest BCUT2D eigenvalue weighted by Crippen LogP contribution is -2.64. The highest BCUT2D eigenvalue weighted by Gasteiger charge is 2.48. The van der Waals surface area contributed by atoms with Crippen LogP contribution >= 0.6 is 0 Å². The Morgan fingerprint density at radius 3 is 1.69 bits per heavy atom. The number of benzene rings is 1. The summed E-state index contributed by atoms with van der Waals surface area (Å²) in [6.45, 7) is 18.4. The van der Waals surface area contributed by atoms with E-state index in [9.17, 15) is 0 Å². The molecular weight excluding hydrogens is 457 g/mol. The van der Waals surface area contributed by atoms with E-state index in [0.29, 0.717) is 0 Å². The fourth-order valence-electron chi connectivity index (χ4n) is 2.94. The van der Waals surface area contributed by atoms with Crippen molar-refractivity contribution in [1.29, 1.82) is 0 Å². The highest BCUT2D eigenvalue weighted by molar-refractivity contribution is 6.94. The fourth-order valence-corrected chi connectivity index (χ4v) is 22.5. The first-order chi connectivity index (χ1) is 13.2. The molecule has 1 aromatic carbocycles. The van der Waals surface area contributed by atoms with Crippen LogP contribution in [0.1, 0.15) is 0 Å². The van der Waals surface area contributed by atoms with E-state index in [1.54, 1.807) is 14.2 Å². The van der Waals surface area contributed by atoms with Crippen molar-refractivity contribution < 1.29 is 30.1 Å². The molecule has 2 atom stereocenters. The Bertz CT molecular complexity index is 603. The number of carbonyl (C=O) groups excluding carboxylic acids is 1. The molecule has 1 rings (SSSR count). The average Bonchev–Trinajstić information content (AvgIpc) is 2.61. The summed E-state index contributed by atoms with van der Waals surface area (Å²) in [5.41, 5.74) is 0. The van der Waals surface area contributed by atoms with Gasteiger partial charge in [-0.1, -0.05) is 30.3 Å². The van der Waals surface area contributed by atoms with Crippen molar-refractivity contribution in [1.82, 2.24) is 0 Å². The van der Waals surface area contributed by atoms with E-state index in [4.69, 9.17) is 30.1 Å². The van der Waals surface area contributed by atoms with Crippen molar-refractivity contribution in [2.45, 2.75) is 52.4 Å². The van der Waals surface area contributed by atoms with E-state index in [1.807, 2.05) is 44.6 Å². The van der Waals surface area contributed by atoms with E-state index < -0.39 is 43.5 Å². The van der Waals surface area contributed by atoms with Crippen LogP contribution in [0, 0.1) is 0 Å². The number of hydrogen-bond acceptors (Lipinski definition) is 7. The summed E-state index contributed by atoms with van der Waals surface area (Å²) >= 11 is 0. The molecule has 0 aliphatic heterocycles. The van der Waals surface area contributed by atoms with Gasteiger partial charge in [-0.3, -0.25) is 0 Å². The first-order valence-electron chi connectivity index (χ1n) is 9.45. The monoisotopic (exact) mass is 494 g/mol. The Labute approximate surface area is 182 Å². The minimum atomic E-state index is -2.78. The summed E-state index contributed by atoms with van der Waals surface area (Å²) in [6.07, 6.45) is 0. The highest BCUT2D eigenvalue weighted by atomic mass is 28.5. The molecule has 0 N–H and O–H groups in total. The van der Waals surface area contributed by atoms with Gasteiger partial charge in [0.2, 0.25) is 0 Å². The predicted molar refractivity (Wildman–Crippen MR) is 129 cm³/mol. The lowest BCUT2D eigenvalue weighted by atomic mass is 10.4. The van der Waals surface area contributed by atoms with Crippen LogP contribution in [-0.4, -0.2) is 64.5 Å². The van der Waals surface area contributed by atoms with Crippen molar-refractivity contribution >= 4 is 55.5 Å². The second-order valence-corrected chi connectivity index (χ2v) is 24.2. The summed E-state index contributed by atoms with van der Waals surface area (Å²) in [5, 5.41) is 1.07. The third-order valence-corrected chi connectivity index (χ3v) is 21.6. The zero-order valence-electron chi connectivity index (χ0n) is 19.5. The van der Waals surface area contributed by atoms with Gasteiger partial charge in [0.05, 0.1) is 0 Å². The summed E-state index contributed by atoms with van der Waals surface area (Å²) in [6, 6.07) is 10.2. The molecule has 7 nitrogen and oxygen atoms in total. The molecule has 12 heteroatoms. The molecule has 0 fully saturated rings. The Kier molecular flexibility index (Phi) is 11.8. The van der Waals surface area contributed by atoms with Crippen LogP contribution < -0.4 is 5.19 Å². The van der Waals surface area contributed by atoms with Crippen molar-refractivity contribution in [3.63, 3.8) is 0 Å². The zero-order chi connectivity index (χ0) is 22.9. The van der Waals surface area contributed by atoms with Crippen molar-refractivity contribution in [2.75, 3.05) is 14.2 Å². The molecular formula is C17H38O7Si5. The van der Waals surface area contributed by atoms with Crippen LogP contribution in [0.15, 0.2) is 30.3 Å². The third-order valence-electron chi connectivity index (χ3n) is 3.94. The maximum atomic E-state index is 8.00. The predicted octanol–water partition coefficient (Wildman–Crippen LogP) is 3.10. The molecule has 0 amide bonds. The van der Waals surface area contributed by atoms with Crippen LogP contribution in [-0.2, 0) is 30.1 Å². The second kappa shape index (κ2) is 11.9. The van der Waals surface area contributed by atoms with Crippen LogP contribution in [0.2, 0.25) is 52.4 Å². The van der Waals surface area contributed by atoms with E-state index in [-0.39, 0.29) is 0 Å². The van der Waals surface area contributed by atoms with Gasteiger partial charge >= 0.3 is 43.5 Å². The Balaban J connectivity index is 0.00000379. The van der Waals surface area contributed by atoms with Crippen molar-refractivity contribution in [2.24, 2.45) is 0 Å². The largest absolute Gasteiger partial charge is 0.418 e. The first kappa shape index (κ1) is 28.7. The standard InChI is InChI=1S/C16H36O6Si5.CH2O/c1-17-23(3)19-25(6,7)21-27(10,16-14-12-11-13-15-16)22-26(8,9)20-24(4,5)18-2;1-2/h11-15,23H,1-10H3;1H2. The topological polar surface area (TPSA) is 72.5 Å². The molecule has 0 saturated carbocycles. The summed E-state index contributed by atoms with van der Waals surface area (Å²) < 4.78 is 36.9. The molecule has 0 saturated heterocycles. The Morgan fingerprint density at radius 2 is 1.24 bits per heavy atom. The molecule has 2 unspecified atom stereocenters. The number of rotatable bonds is 11. The Hall–Kier alpha value is -0.266. The van der Waals surface area contributed by atoms with E-state index in [0.717, 1.165) is 5.19 Å². The summed E-state index contributed by atoms with van der Waals surface area (Å²) in [7, 11) is -8.30. The zero-order valence-corrected chi connectivity index (χ0v) is 24.7. The quantitative estimate of drug-likeness (QED) is 0.438. The van der Waals surface area contributed by atoms with Crippen molar-refractivity contribution in [3.05, 3.63) is 30.3 Å². The summed E-state index contributed by atoms with van der Waals surface area (Å²) in [4.78, 5) is 8.00. The minimum Gasteiger partial charge on any atom is -0.418 e. The number of carbonyl (C=O) groups is 1. The van der Waals surface area contributed by atoms with Gasteiger partial charge in [0.25, 0.3) is 0 Å². The molecule has 0 spiro atoms. The Morgan fingerprint density at radius 1 is 0.759 bits per heavy atom. The van der Waals surface area contributed by atoms with Gasteiger partial charge in [0, 0.05) is 14.2 Å². The van der Waals surface area contributed by atoms with Crippen LogP contribution in [0.3, 0.4) is 0 Å². The van der Waals surface area contributed by atoms with Crippen molar-refractivity contribution in [3.8, 4) is 0 Å². The number of hydrogen-bond donors (Lipinski definition) is 0. The molecule has 0 radical (unpaired) electrons. The van der Waals surface area contributed by atoms with Gasteiger partial charge in [-0.05, 0) is 57.6 Å². The molecule has 0 aromatic heterocycles. The molecule has 0 aliphatic carbocycles. The lowest BCUT2D eigenvalue weighted by molar-refractivity contribution is -0.0980. The van der Waals surface area contributed by atoms with Gasteiger partial charge in [0.15, 0.2) is 0 Å². The molecule has 0 heterocycles. The van der Waals surface area contributed by atoms with Gasteiger partial charge in [-0.15, -0.1) is 0 Å². The van der Waals surface area contributed by atoms with Gasteiger partial charge in [0.1, 0.15) is 6.79 Å². The van der Waals surface area contributed by atoms with Gasteiger partial charge in [-0.2, -0.15) is 0 Å². The van der Waals surface area contributed by atoms with E-state index >= 15 is 0 Å².